The fourth-order valence-corrected chi connectivity index (χ4v) is 2.22. The molecule has 1 fully saturated rings. The van der Waals surface area contributed by atoms with E-state index in [1.54, 1.807) is 0 Å². The first-order chi connectivity index (χ1) is 7.16. The quantitative estimate of drug-likeness (QED) is 0.720. The fraction of sp³-hybridized carbons (Fsp3) is 0.500. The van der Waals surface area contributed by atoms with E-state index >= 15 is 0 Å². The molecule has 2 rings (SSSR count). The Kier molecular flexibility index (Phi) is 2.98. The van der Waals surface area contributed by atoms with E-state index in [1.165, 1.54) is 0 Å². The van der Waals surface area contributed by atoms with Gasteiger partial charge in [0.1, 0.15) is 6.10 Å². The molecule has 82 valence electrons. The molecule has 0 heterocycles. The standard InChI is InChI=1S/C12H14ClFO/c1-2-15-11-10(12(11,13)14)8-9-6-4-3-5-7-9/h3-7,10-11H,2,8H2,1H3. The number of alkyl halides is 2. The van der Waals surface area contributed by atoms with E-state index in [2.05, 4.69) is 0 Å². The summed E-state index contributed by atoms with van der Waals surface area (Å²) in [6, 6.07) is 9.80. The van der Waals surface area contributed by atoms with Crippen molar-refractivity contribution in [3.63, 3.8) is 0 Å². The van der Waals surface area contributed by atoms with Crippen molar-refractivity contribution < 1.29 is 9.13 Å². The lowest BCUT2D eigenvalue weighted by Crippen LogP contribution is -2.01. The molecule has 1 aliphatic carbocycles. The molecule has 0 N–H and O–H groups in total. The van der Waals surface area contributed by atoms with E-state index in [0.717, 1.165) is 5.56 Å². The molecular formula is C12H14ClFO. The van der Waals surface area contributed by atoms with Gasteiger partial charge in [-0.25, -0.2) is 4.39 Å². The number of hydrogen-bond acceptors (Lipinski definition) is 1. The zero-order valence-corrected chi connectivity index (χ0v) is 9.38. The van der Waals surface area contributed by atoms with Crippen LogP contribution in [0.4, 0.5) is 4.39 Å². The van der Waals surface area contributed by atoms with Crippen LogP contribution in [0.2, 0.25) is 0 Å². The summed E-state index contributed by atoms with van der Waals surface area (Å²) in [6.07, 6.45) is 0.204. The smallest absolute Gasteiger partial charge is 0.215 e. The van der Waals surface area contributed by atoms with E-state index in [1.807, 2.05) is 37.3 Å². The highest BCUT2D eigenvalue weighted by molar-refractivity contribution is 6.25. The summed E-state index contributed by atoms with van der Waals surface area (Å²) in [5, 5.41) is -1.66. The molecule has 0 radical (unpaired) electrons. The molecule has 15 heavy (non-hydrogen) atoms. The number of rotatable bonds is 4. The number of hydrogen-bond donors (Lipinski definition) is 0. The minimum atomic E-state index is -1.66. The maximum Gasteiger partial charge on any atom is 0.215 e. The van der Waals surface area contributed by atoms with Gasteiger partial charge in [-0.05, 0) is 18.9 Å². The topological polar surface area (TPSA) is 9.23 Å². The Hall–Kier alpha value is -0.600. The summed E-state index contributed by atoms with van der Waals surface area (Å²) in [5.74, 6) is -0.207. The van der Waals surface area contributed by atoms with Gasteiger partial charge in [0.2, 0.25) is 5.13 Å². The maximum absolute atomic E-state index is 13.6. The number of ether oxygens (including phenoxy) is 1. The molecule has 1 saturated carbocycles. The van der Waals surface area contributed by atoms with Crippen molar-refractivity contribution in [3.8, 4) is 0 Å². The molecule has 0 spiro atoms. The first-order valence-corrected chi connectivity index (χ1v) is 5.57. The second-order valence-electron chi connectivity index (χ2n) is 3.85. The molecule has 3 unspecified atom stereocenters. The van der Waals surface area contributed by atoms with Crippen molar-refractivity contribution in [1.29, 1.82) is 0 Å². The van der Waals surface area contributed by atoms with Crippen LogP contribution >= 0.6 is 11.6 Å². The van der Waals surface area contributed by atoms with Gasteiger partial charge in [-0.2, -0.15) is 0 Å². The second-order valence-corrected chi connectivity index (χ2v) is 4.43. The molecular weight excluding hydrogens is 215 g/mol. The van der Waals surface area contributed by atoms with Crippen LogP contribution < -0.4 is 0 Å². The van der Waals surface area contributed by atoms with Gasteiger partial charge in [0, 0.05) is 12.5 Å². The number of benzene rings is 1. The van der Waals surface area contributed by atoms with Crippen molar-refractivity contribution in [2.75, 3.05) is 6.61 Å². The highest BCUT2D eigenvalue weighted by Gasteiger charge is 2.66. The van der Waals surface area contributed by atoms with Crippen LogP contribution in [0.15, 0.2) is 30.3 Å². The van der Waals surface area contributed by atoms with Crippen molar-refractivity contribution in [3.05, 3.63) is 35.9 Å². The van der Waals surface area contributed by atoms with E-state index in [0.29, 0.717) is 13.0 Å². The van der Waals surface area contributed by atoms with Gasteiger partial charge < -0.3 is 4.74 Å². The highest BCUT2D eigenvalue weighted by Crippen LogP contribution is 2.54. The van der Waals surface area contributed by atoms with Gasteiger partial charge in [-0.15, -0.1) is 0 Å². The van der Waals surface area contributed by atoms with Crippen molar-refractivity contribution in [2.45, 2.75) is 24.6 Å². The lowest BCUT2D eigenvalue weighted by molar-refractivity contribution is 0.101. The molecule has 3 heteroatoms. The van der Waals surface area contributed by atoms with Crippen molar-refractivity contribution in [1.82, 2.24) is 0 Å². The van der Waals surface area contributed by atoms with Gasteiger partial charge in [-0.1, -0.05) is 41.9 Å². The van der Waals surface area contributed by atoms with Crippen LogP contribution in [0.5, 0.6) is 0 Å². The van der Waals surface area contributed by atoms with Crippen molar-refractivity contribution >= 4 is 11.6 Å². The Bertz CT molecular complexity index is 326. The third kappa shape index (κ3) is 2.16. The Balaban J connectivity index is 1.97. The Morgan fingerprint density at radius 1 is 1.40 bits per heavy atom. The third-order valence-corrected chi connectivity index (χ3v) is 3.27. The Morgan fingerprint density at radius 2 is 2.07 bits per heavy atom. The molecule has 0 amide bonds. The van der Waals surface area contributed by atoms with E-state index in [9.17, 15) is 4.39 Å². The van der Waals surface area contributed by atoms with Gasteiger partial charge >= 0.3 is 0 Å². The molecule has 0 bridgehead atoms. The van der Waals surface area contributed by atoms with Crippen LogP contribution in [-0.4, -0.2) is 17.8 Å². The number of halogens is 2. The zero-order valence-electron chi connectivity index (χ0n) is 8.62. The predicted molar refractivity (Wildman–Crippen MR) is 58.7 cm³/mol. The summed E-state index contributed by atoms with van der Waals surface area (Å²) >= 11 is 5.71. The average Bonchev–Trinajstić information content (AvgIpc) is 2.72. The molecule has 0 saturated heterocycles. The molecule has 0 aromatic heterocycles. The van der Waals surface area contributed by atoms with Gasteiger partial charge in [-0.3, -0.25) is 0 Å². The maximum atomic E-state index is 13.6. The zero-order chi connectivity index (χ0) is 10.9. The summed E-state index contributed by atoms with van der Waals surface area (Å²) in [6.45, 7) is 2.36. The summed E-state index contributed by atoms with van der Waals surface area (Å²) in [4.78, 5) is 0. The van der Waals surface area contributed by atoms with E-state index in [4.69, 9.17) is 16.3 Å². The average molecular weight is 229 g/mol. The minimum absolute atomic E-state index is 0.207. The van der Waals surface area contributed by atoms with Gasteiger partial charge in [0.25, 0.3) is 0 Å². The first-order valence-electron chi connectivity index (χ1n) is 5.19. The molecule has 1 aromatic rings. The lowest BCUT2D eigenvalue weighted by Gasteiger charge is -1.98. The Morgan fingerprint density at radius 3 is 2.67 bits per heavy atom. The van der Waals surface area contributed by atoms with E-state index in [-0.39, 0.29) is 5.92 Å². The van der Waals surface area contributed by atoms with Crippen LogP contribution in [0, 0.1) is 5.92 Å². The molecule has 1 aromatic carbocycles. The predicted octanol–water partition coefficient (Wildman–Crippen LogP) is 3.17. The largest absolute Gasteiger partial charge is 0.373 e. The SMILES string of the molecule is CCOC1C(Cc2ccccc2)C1(F)Cl. The highest BCUT2D eigenvalue weighted by atomic mass is 35.5. The molecule has 1 aliphatic rings. The fourth-order valence-electron chi connectivity index (χ4n) is 1.88. The van der Waals surface area contributed by atoms with Gasteiger partial charge in [0.15, 0.2) is 0 Å². The lowest BCUT2D eigenvalue weighted by atomic mass is 10.1. The molecule has 0 aliphatic heterocycles. The van der Waals surface area contributed by atoms with E-state index < -0.39 is 11.2 Å². The summed E-state index contributed by atoms with van der Waals surface area (Å²) in [7, 11) is 0. The summed E-state index contributed by atoms with van der Waals surface area (Å²) < 4.78 is 18.9. The molecule has 3 atom stereocenters. The summed E-state index contributed by atoms with van der Waals surface area (Å²) in [5.41, 5.74) is 1.10. The van der Waals surface area contributed by atoms with Crippen LogP contribution in [0.1, 0.15) is 12.5 Å². The minimum Gasteiger partial charge on any atom is -0.373 e. The van der Waals surface area contributed by atoms with Crippen molar-refractivity contribution in [2.24, 2.45) is 5.92 Å². The molecule has 1 nitrogen and oxygen atoms in total. The van der Waals surface area contributed by atoms with Gasteiger partial charge in [0.05, 0.1) is 0 Å². The Labute approximate surface area is 94.2 Å². The van der Waals surface area contributed by atoms with Crippen LogP contribution in [0.25, 0.3) is 0 Å². The van der Waals surface area contributed by atoms with Crippen LogP contribution in [0.3, 0.4) is 0 Å². The monoisotopic (exact) mass is 228 g/mol. The van der Waals surface area contributed by atoms with Crippen LogP contribution in [-0.2, 0) is 11.2 Å². The first kappa shape index (κ1) is 10.9. The normalized spacial score (nSPS) is 34.1. The second kappa shape index (κ2) is 4.11. The third-order valence-electron chi connectivity index (χ3n) is 2.77.